The monoisotopic (exact) mass is 456 g/mol. The van der Waals surface area contributed by atoms with E-state index in [1.807, 2.05) is 30.0 Å². The van der Waals surface area contributed by atoms with E-state index in [0.29, 0.717) is 18.7 Å². The highest BCUT2D eigenvalue weighted by atomic mass is 19.4. The average Bonchev–Trinajstić information content (AvgIpc) is 3.26. The largest absolute Gasteiger partial charge is 0.418 e. The fraction of sp³-hybridized carbons (Fsp3) is 0.462. The van der Waals surface area contributed by atoms with Crippen molar-refractivity contribution in [3.05, 3.63) is 70.6 Å². The number of piperidine rings is 1. The lowest BCUT2D eigenvalue weighted by Crippen LogP contribution is -2.35. The standard InChI is InChI=1S/C26H31F3N4/c1-5-7-23(32(3)4)25-20-9-6-8-19(20)24(30-31-25)18-12-14-33(15-13-18)22-11-10-17(2)16-21(22)26(27,28)29/h5,7,10-11,16,18H,1,6,8-9,12-15H2,2-4H3/b23-7-. The fourth-order valence-corrected chi connectivity index (χ4v) is 5.14. The Bertz CT molecular complexity index is 1060. The lowest BCUT2D eigenvalue weighted by atomic mass is 9.88. The minimum absolute atomic E-state index is 0.223. The van der Waals surface area contributed by atoms with E-state index in [-0.39, 0.29) is 11.6 Å². The molecule has 1 aromatic heterocycles. The van der Waals surface area contributed by atoms with Crippen molar-refractivity contribution in [1.29, 1.82) is 0 Å². The first-order chi connectivity index (χ1) is 15.7. The number of hydrogen-bond donors (Lipinski definition) is 0. The predicted octanol–water partition coefficient (Wildman–Crippen LogP) is 5.77. The van der Waals surface area contributed by atoms with E-state index in [0.717, 1.165) is 49.2 Å². The first kappa shape index (κ1) is 23.3. The van der Waals surface area contributed by atoms with Gasteiger partial charge in [-0.2, -0.15) is 18.3 Å². The van der Waals surface area contributed by atoms with Crippen LogP contribution in [0.25, 0.3) is 5.70 Å². The second-order valence-electron chi connectivity index (χ2n) is 9.21. The van der Waals surface area contributed by atoms with Gasteiger partial charge in [0.15, 0.2) is 0 Å². The van der Waals surface area contributed by atoms with Crippen LogP contribution in [0.3, 0.4) is 0 Å². The molecule has 0 unspecified atom stereocenters. The Morgan fingerprint density at radius 3 is 2.45 bits per heavy atom. The molecule has 1 saturated heterocycles. The first-order valence-electron chi connectivity index (χ1n) is 11.5. The number of fused-ring (bicyclic) bond motifs is 1. The van der Waals surface area contributed by atoms with Gasteiger partial charge in [0.1, 0.15) is 5.69 Å². The summed E-state index contributed by atoms with van der Waals surface area (Å²) in [4.78, 5) is 3.90. The molecule has 2 aromatic rings. The zero-order chi connectivity index (χ0) is 23.8. The van der Waals surface area contributed by atoms with Gasteiger partial charge < -0.3 is 9.80 Å². The summed E-state index contributed by atoms with van der Waals surface area (Å²) in [6.45, 7) is 6.67. The van der Waals surface area contributed by atoms with Gasteiger partial charge in [-0.1, -0.05) is 24.3 Å². The smallest absolute Gasteiger partial charge is 0.376 e. The van der Waals surface area contributed by atoms with E-state index in [2.05, 4.69) is 16.8 Å². The van der Waals surface area contributed by atoms with E-state index in [9.17, 15) is 13.2 Å². The number of benzene rings is 1. The second kappa shape index (κ2) is 9.20. The van der Waals surface area contributed by atoms with Gasteiger partial charge in [-0.25, -0.2) is 0 Å². The van der Waals surface area contributed by atoms with Crippen molar-refractivity contribution >= 4 is 11.4 Å². The highest BCUT2D eigenvalue weighted by Crippen LogP contribution is 2.41. The van der Waals surface area contributed by atoms with Crippen LogP contribution in [0.1, 0.15) is 58.8 Å². The minimum atomic E-state index is -4.36. The molecule has 0 saturated carbocycles. The number of halogens is 3. The summed E-state index contributed by atoms with van der Waals surface area (Å²) in [5.41, 5.74) is 5.87. The van der Waals surface area contributed by atoms with E-state index < -0.39 is 11.7 Å². The molecular weight excluding hydrogens is 425 g/mol. The quantitative estimate of drug-likeness (QED) is 0.535. The van der Waals surface area contributed by atoms with E-state index in [1.54, 1.807) is 25.1 Å². The van der Waals surface area contributed by atoms with Crippen LogP contribution in [0.2, 0.25) is 0 Å². The molecule has 33 heavy (non-hydrogen) atoms. The van der Waals surface area contributed by atoms with Crippen molar-refractivity contribution in [2.75, 3.05) is 32.1 Å². The zero-order valence-corrected chi connectivity index (χ0v) is 19.5. The normalized spacial score (nSPS) is 17.3. The van der Waals surface area contributed by atoms with Gasteiger partial charge in [-0.05, 0) is 68.4 Å². The average molecular weight is 457 g/mol. The number of hydrogen-bond acceptors (Lipinski definition) is 4. The van der Waals surface area contributed by atoms with Crippen molar-refractivity contribution < 1.29 is 13.2 Å². The van der Waals surface area contributed by atoms with Crippen LogP contribution in [-0.4, -0.2) is 42.3 Å². The summed E-state index contributed by atoms with van der Waals surface area (Å²) < 4.78 is 40.9. The van der Waals surface area contributed by atoms with Crippen LogP contribution in [0.4, 0.5) is 18.9 Å². The number of nitrogens with zero attached hydrogens (tertiary/aromatic N) is 4. The molecule has 0 radical (unpaired) electrons. The Labute approximate surface area is 193 Å². The third-order valence-electron chi connectivity index (χ3n) is 6.75. The number of alkyl halides is 3. The molecule has 4 nitrogen and oxygen atoms in total. The Kier molecular flexibility index (Phi) is 6.50. The molecule has 0 amide bonds. The molecule has 0 spiro atoms. The lowest BCUT2D eigenvalue weighted by molar-refractivity contribution is -0.137. The lowest BCUT2D eigenvalue weighted by Gasteiger charge is -2.35. The summed E-state index contributed by atoms with van der Waals surface area (Å²) >= 11 is 0. The molecule has 4 rings (SSSR count). The highest BCUT2D eigenvalue weighted by molar-refractivity contribution is 5.66. The Balaban J connectivity index is 1.58. The summed E-state index contributed by atoms with van der Waals surface area (Å²) in [5, 5.41) is 9.30. The van der Waals surface area contributed by atoms with Gasteiger partial charge in [0.25, 0.3) is 0 Å². The summed E-state index contributed by atoms with van der Waals surface area (Å²) in [5.74, 6) is 0.223. The van der Waals surface area contributed by atoms with Crippen molar-refractivity contribution in [3.63, 3.8) is 0 Å². The highest BCUT2D eigenvalue weighted by Gasteiger charge is 2.36. The van der Waals surface area contributed by atoms with Gasteiger partial charge in [0.05, 0.1) is 17.0 Å². The van der Waals surface area contributed by atoms with Crippen LogP contribution < -0.4 is 4.90 Å². The number of allylic oxidation sites excluding steroid dienone is 2. The van der Waals surface area contributed by atoms with Crippen LogP contribution in [0.15, 0.2) is 36.9 Å². The Morgan fingerprint density at radius 1 is 1.12 bits per heavy atom. The number of rotatable bonds is 5. The predicted molar refractivity (Wildman–Crippen MR) is 126 cm³/mol. The van der Waals surface area contributed by atoms with E-state index in [1.165, 1.54) is 17.2 Å². The van der Waals surface area contributed by atoms with Gasteiger partial charge in [-0.15, -0.1) is 5.10 Å². The number of aryl methyl sites for hydroxylation is 1. The fourth-order valence-electron chi connectivity index (χ4n) is 5.14. The van der Waals surface area contributed by atoms with Crippen molar-refractivity contribution in [2.24, 2.45) is 0 Å². The van der Waals surface area contributed by atoms with Crippen LogP contribution in [-0.2, 0) is 19.0 Å². The van der Waals surface area contributed by atoms with Crippen molar-refractivity contribution in [2.45, 2.75) is 51.1 Å². The first-order valence-corrected chi connectivity index (χ1v) is 11.5. The number of aromatic nitrogens is 2. The zero-order valence-electron chi connectivity index (χ0n) is 19.5. The SMILES string of the molecule is C=C/C=C(/c1nnc(C2CCN(c3ccc(C)cc3C(F)(F)F)CC2)c2c1CCC2)N(C)C. The molecule has 176 valence electrons. The molecule has 1 aromatic carbocycles. The summed E-state index contributed by atoms with van der Waals surface area (Å²) in [7, 11) is 3.98. The van der Waals surface area contributed by atoms with Gasteiger partial charge >= 0.3 is 6.18 Å². The van der Waals surface area contributed by atoms with E-state index >= 15 is 0 Å². The third kappa shape index (κ3) is 4.63. The van der Waals surface area contributed by atoms with Crippen molar-refractivity contribution in [3.8, 4) is 0 Å². The Hall–Kier alpha value is -2.83. The molecule has 0 bridgehead atoms. The van der Waals surface area contributed by atoms with Crippen LogP contribution in [0, 0.1) is 6.92 Å². The molecule has 0 N–H and O–H groups in total. The molecule has 1 aliphatic heterocycles. The van der Waals surface area contributed by atoms with Gasteiger partial charge in [0, 0.05) is 38.8 Å². The summed E-state index contributed by atoms with van der Waals surface area (Å²) in [6.07, 6.45) is 3.95. The topological polar surface area (TPSA) is 32.3 Å². The van der Waals surface area contributed by atoms with Gasteiger partial charge in [-0.3, -0.25) is 0 Å². The molecule has 1 fully saturated rings. The molecule has 2 aliphatic rings. The maximum absolute atomic E-state index is 13.6. The Morgan fingerprint density at radius 2 is 1.82 bits per heavy atom. The molecule has 2 heterocycles. The number of anilines is 1. The maximum atomic E-state index is 13.6. The van der Waals surface area contributed by atoms with Crippen LogP contribution in [0.5, 0.6) is 0 Å². The molecule has 7 heteroatoms. The van der Waals surface area contributed by atoms with Crippen molar-refractivity contribution in [1.82, 2.24) is 15.1 Å². The van der Waals surface area contributed by atoms with Crippen LogP contribution >= 0.6 is 0 Å². The minimum Gasteiger partial charge on any atom is -0.376 e. The van der Waals surface area contributed by atoms with E-state index in [4.69, 9.17) is 0 Å². The third-order valence-corrected chi connectivity index (χ3v) is 6.75. The van der Waals surface area contributed by atoms with Gasteiger partial charge in [0.2, 0.25) is 0 Å². The maximum Gasteiger partial charge on any atom is 0.418 e. The summed E-state index contributed by atoms with van der Waals surface area (Å²) in [6, 6.07) is 4.62. The molecule has 1 aliphatic carbocycles. The molecule has 0 atom stereocenters. The second-order valence-corrected chi connectivity index (χ2v) is 9.21. The molecular formula is C26H31F3N4.